The van der Waals surface area contributed by atoms with Gasteiger partial charge < -0.3 is 25.0 Å². The first kappa shape index (κ1) is 22.2. The number of anilines is 2. The predicted molar refractivity (Wildman–Crippen MR) is 106 cm³/mol. The number of carbonyl (C=O) groups is 2. The van der Waals surface area contributed by atoms with Crippen molar-refractivity contribution in [2.75, 3.05) is 38.0 Å². The summed E-state index contributed by atoms with van der Waals surface area (Å²) in [4.78, 5) is 26.1. The van der Waals surface area contributed by atoms with Gasteiger partial charge in [-0.15, -0.1) is 0 Å². The Balaban J connectivity index is 1.96. The van der Waals surface area contributed by atoms with Crippen LogP contribution >= 0.6 is 11.6 Å². The summed E-state index contributed by atoms with van der Waals surface area (Å²) in [5.74, 6) is -1.27. The van der Waals surface area contributed by atoms with E-state index in [1.54, 1.807) is 18.2 Å². The lowest BCUT2D eigenvalue weighted by molar-refractivity contribution is -0.115. The smallest absolute Gasteiger partial charge is 0.387 e. The van der Waals surface area contributed by atoms with Gasteiger partial charge in [-0.05, 0) is 36.4 Å². The molecule has 0 unspecified atom stereocenters. The Morgan fingerprint density at radius 3 is 2.45 bits per heavy atom. The Morgan fingerprint density at radius 1 is 1.14 bits per heavy atom. The van der Waals surface area contributed by atoms with E-state index in [9.17, 15) is 18.4 Å². The number of alkyl halides is 2. The number of benzene rings is 2. The van der Waals surface area contributed by atoms with Crippen LogP contribution in [-0.4, -0.2) is 46.2 Å². The molecule has 0 spiro atoms. The maximum absolute atomic E-state index is 12.4. The third-order valence-corrected chi connectivity index (χ3v) is 4.07. The predicted octanol–water partition coefficient (Wildman–Crippen LogP) is 3.38. The van der Waals surface area contributed by atoms with Gasteiger partial charge in [0.1, 0.15) is 0 Å². The van der Waals surface area contributed by atoms with Gasteiger partial charge in [0.05, 0.1) is 24.4 Å². The molecule has 0 fully saturated rings. The summed E-state index contributed by atoms with van der Waals surface area (Å²) in [7, 11) is 4.95. The molecule has 2 rings (SSSR count). The van der Waals surface area contributed by atoms with Gasteiger partial charge in [-0.3, -0.25) is 9.59 Å². The normalized spacial score (nSPS) is 10.4. The second kappa shape index (κ2) is 9.92. The van der Waals surface area contributed by atoms with Crippen molar-refractivity contribution in [3.63, 3.8) is 0 Å². The fourth-order valence-electron chi connectivity index (χ4n) is 2.42. The zero-order valence-electron chi connectivity index (χ0n) is 16.0. The van der Waals surface area contributed by atoms with E-state index >= 15 is 0 Å². The molecular weight excluding hydrogens is 408 g/mol. The minimum Gasteiger partial charge on any atom is -0.493 e. The first-order valence-corrected chi connectivity index (χ1v) is 8.77. The number of carbonyl (C=O) groups excluding carboxylic acids is 2. The molecule has 0 saturated carbocycles. The van der Waals surface area contributed by atoms with Crippen molar-refractivity contribution in [2.24, 2.45) is 0 Å². The van der Waals surface area contributed by atoms with E-state index in [0.29, 0.717) is 10.7 Å². The number of rotatable bonds is 8. The van der Waals surface area contributed by atoms with Gasteiger partial charge in [0.15, 0.2) is 11.5 Å². The number of ether oxygens (including phenoxy) is 2. The monoisotopic (exact) mass is 427 g/mol. The highest BCUT2D eigenvalue weighted by molar-refractivity contribution is 6.33. The van der Waals surface area contributed by atoms with Gasteiger partial charge in [-0.1, -0.05) is 11.6 Å². The molecule has 0 atom stereocenters. The molecule has 0 saturated heterocycles. The van der Waals surface area contributed by atoms with Gasteiger partial charge in [0.2, 0.25) is 5.91 Å². The number of amides is 2. The summed E-state index contributed by atoms with van der Waals surface area (Å²) >= 11 is 6.16. The second-order valence-corrected chi connectivity index (χ2v) is 6.44. The average molecular weight is 428 g/mol. The molecule has 0 aliphatic rings. The van der Waals surface area contributed by atoms with Gasteiger partial charge >= 0.3 is 6.61 Å². The highest BCUT2D eigenvalue weighted by atomic mass is 35.5. The van der Waals surface area contributed by atoms with Crippen molar-refractivity contribution in [3.8, 4) is 11.5 Å². The minimum atomic E-state index is -3.02. The molecule has 2 amide bonds. The lowest BCUT2D eigenvalue weighted by atomic mass is 10.2. The lowest BCUT2D eigenvalue weighted by Crippen LogP contribution is -2.32. The topological polar surface area (TPSA) is 79.9 Å². The van der Waals surface area contributed by atoms with Gasteiger partial charge in [0.25, 0.3) is 5.91 Å². The van der Waals surface area contributed by atoms with Crippen LogP contribution < -0.4 is 25.0 Å². The number of halogens is 3. The van der Waals surface area contributed by atoms with E-state index in [2.05, 4.69) is 15.4 Å². The van der Waals surface area contributed by atoms with Crippen LogP contribution in [0.15, 0.2) is 36.4 Å². The Kier molecular flexibility index (Phi) is 7.60. The van der Waals surface area contributed by atoms with Gasteiger partial charge in [-0.25, -0.2) is 0 Å². The Labute approximate surface area is 171 Å². The highest BCUT2D eigenvalue weighted by Gasteiger charge is 2.15. The summed E-state index contributed by atoms with van der Waals surface area (Å²) in [6, 6.07) is 8.76. The molecule has 0 heterocycles. The van der Waals surface area contributed by atoms with E-state index in [-0.39, 0.29) is 23.6 Å². The number of hydrogen-bond acceptors (Lipinski definition) is 5. The van der Waals surface area contributed by atoms with Crippen LogP contribution in [0.3, 0.4) is 0 Å². The molecule has 0 aliphatic heterocycles. The summed E-state index contributed by atoms with van der Waals surface area (Å²) in [5.41, 5.74) is 1.40. The fourth-order valence-corrected chi connectivity index (χ4v) is 2.77. The average Bonchev–Trinajstić information content (AvgIpc) is 2.65. The largest absolute Gasteiger partial charge is 0.493 e. The fraction of sp³-hybridized carbons (Fsp3) is 0.263. The van der Waals surface area contributed by atoms with Crippen molar-refractivity contribution in [1.29, 1.82) is 0 Å². The molecule has 0 radical (unpaired) electrons. The number of nitrogens with one attached hydrogen (secondary N) is 2. The molecule has 0 aliphatic carbocycles. The van der Waals surface area contributed by atoms with Crippen molar-refractivity contribution < 1.29 is 27.8 Å². The van der Waals surface area contributed by atoms with Gasteiger partial charge in [-0.2, -0.15) is 8.78 Å². The van der Waals surface area contributed by atoms with E-state index in [1.807, 2.05) is 19.0 Å². The summed E-state index contributed by atoms with van der Waals surface area (Å²) in [5, 5.41) is 5.53. The quantitative estimate of drug-likeness (QED) is 0.675. The van der Waals surface area contributed by atoms with E-state index in [1.165, 1.54) is 25.3 Å². The highest BCUT2D eigenvalue weighted by Crippen LogP contribution is 2.29. The Morgan fingerprint density at radius 2 is 1.86 bits per heavy atom. The van der Waals surface area contributed by atoms with Crippen LogP contribution in [0.1, 0.15) is 10.4 Å². The molecule has 0 aromatic heterocycles. The third-order valence-electron chi connectivity index (χ3n) is 3.76. The van der Waals surface area contributed by atoms with Crippen LogP contribution in [0.4, 0.5) is 20.2 Å². The Hall–Kier alpha value is -3.07. The summed E-state index contributed by atoms with van der Waals surface area (Å²) in [6.07, 6.45) is 0. The second-order valence-electron chi connectivity index (χ2n) is 6.04. The molecule has 10 heteroatoms. The number of hydrogen-bond donors (Lipinski definition) is 2. The zero-order chi connectivity index (χ0) is 21.6. The molecule has 2 N–H and O–H groups in total. The molecular formula is C19H20ClF2N3O4. The van der Waals surface area contributed by atoms with Crippen LogP contribution in [0.2, 0.25) is 5.02 Å². The van der Waals surface area contributed by atoms with Crippen LogP contribution in [0.25, 0.3) is 0 Å². The van der Waals surface area contributed by atoms with Gasteiger partial charge in [0, 0.05) is 25.3 Å². The Bertz CT molecular complexity index is 894. The van der Waals surface area contributed by atoms with E-state index in [0.717, 1.165) is 5.69 Å². The number of nitrogens with zero attached hydrogens (tertiary/aromatic N) is 1. The van der Waals surface area contributed by atoms with E-state index < -0.39 is 18.4 Å². The molecule has 2 aromatic carbocycles. The summed E-state index contributed by atoms with van der Waals surface area (Å²) in [6.45, 7) is -3.32. The van der Waals surface area contributed by atoms with Crippen LogP contribution in [-0.2, 0) is 4.79 Å². The number of methoxy groups -OCH3 is 1. The van der Waals surface area contributed by atoms with Crippen LogP contribution in [0.5, 0.6) is 11.5 Å². The molecule has 156 valence electrons. The molecule has 0 bridgehead atoms. The maximum atomic E-state index is 12.4. The van der Waals surface area contributed by atoms with Crippen molar-refractivity contribution in [1.82, 2.24) is 5.32 Å². The zero-order valence-corrected chi connectivity index (χ0v) is 16.7. The minimum absolute atomic E-state index is 0.0296. The maximum Gasteiger partial charge on any atom is 0.387 e. The summed E-state index contributed by atoms with van der Waals surface area (Å²) < 4.78 is 34.0. The standard InChI is InChI=1S/C19H20ClF2N3O4/c1-25(2)14-6-5-12(9-13(14)20)24-17(26)10-23-18(27)11-4-7-15(29-19(21)22)16(8-11)28-3/h4-9,19H,10H2,1-3H3,(H,23,27)(H,24,26). The first-order valence-electron chi connectivity index (χ1n) is 8.39. The van der Waals surface area contributed by atoms with Crippen molar-refractivity contribution >= 4 is 34.8 Å². The van der Waals surface area contributed by atoms with Crippen molar-refractivity contribution in [3.05, 3.63) is 47.0 Å². The first-order chi connectivity index (χ1) is 13.7. The SMILES string of the molecule is COc1cc(C(=O)NCC(=O)Nc2ccc(N(C)C)c(Cl)c2)ccc1OC(F)F. The molecule has 29 heavy (non-hydrogen) atoms. The van der Waals surface area contributed by atoms with Crippen molar-refractivity contribution in [2.45, 2.75) is 6.61 Å². The van der Waals surface area contributed by atoms with E-state index in [4.69, 9.17) is 16.3 Å². The van der Waals surface area contributed by atoms with Crippen LogP contribution in [0, 0.1) is 0 Å². The molecule has 7 nitrogen and oxygen atoms in total. The lowest BCUT2D eigenvalue weighted by Gasteiger charge is -2.15. The third kappa shape index (κ3) is 6.21. The molecule has 2 aromatic rings.